The minimum Gasteiger partial charge on any atom is -0.357 e. The molecule has 94 valence electrons. The van der Waals surface area contributed by atoms with Crippen molar-refractivity contribution >= 4 is 5.91 Å². The van der Waals surface area contributed by atoms with E-state index in [-0.39, 0.29) is 5.91 Å². The van der Waals surface area contributed by atoms with Crippen molar-refractivity contribution in [2.24, 2.45) is 7.05 Å². The number of carbonyl (C=O) groups is 1. The summed E-state index contributed by atoms with van der Waals surface area (Å²) in [7, 11) is 2.01. The first-order valence-corrected chi connectivity index (χ1v) is 6.35. The highest BCUT2D eigenvalue weighted by Crippen LogP contribution is 2.06. The third kappa shape index (κ3) is 3.60. The van der Waals surface area contributed by atoms with Crippen LogP contribution in [0.2, 0.25) is 0 Å². The number of nitrogens with one attached hydrogen (secondary N) is 1. The molecule has 1 aliphatic rings. The van der Waals surface area contributed by atoms with Crippen molar-refractivity contribution in [2.45, 2.75) is 19.3 Å². The van der Waals surface area contributed by atoms with Crippen LogP contribution in [-0.4, -0.2) is 41.6 Å². The lowest BCUT2D eigenvalue weighted by molar-refractivity contribution is -0.130. The smallest absolute Gasteiger partial charge is 0.222 e. The number of carbonyl (C=O) groups excluding carboxylic acids is 1. The molecule has 1 aromatic rings. The largest absolute Gasteiger partial charge is 0.357 e. The average Bonchev–Trinajstić information content (AvgIpc) is 2.58. The maximum Gasteiger partial charge on any atom is 0.222 e. The van der Waals surface area contributed by atoms with E-state index >= 15 is 0 Å². The highest BCUT2D eigenvalue weighted by Gasteiger charge is 2.14. The first-order valence-electron chi connectivity index (χ1n) is 6.35. The van der Waals surface area contributed by atoms with Gasteiger partial charge in [-0.15, -0.1) is 0 Å². The van der Waals surface area contributed by atoms with Crippen LogP contribution in [0.25, 0.3) is 0 Å². The summed E-state index contributed by atoms with van der Waals surface area (Å²) in [5.41, 5.74) is 1.24. The molecule has 1 N–H and O–H groups in total. The molecule has 17 heavy (non-hydrogen) atoms. The van der Waals surface area contributed by atoms with E-state index in [1.54, 1.807) is 0 Å². The number of hydrogen-bond donors (Lipinski definition) is 1. The Kier molecular flexibility index (Phi) is 4.20. The van der Waals surface area contributed by atoms with Crippen LogP contribution in [0.1, 0.15) is 18.4 Å². The molecule has 4 heteroatoms. The van der Waals surface area contributed by atoms with Gasteiger partial charge in [-0.2, -0.15) is 0 Å². The SMILES string of the molecule is Cn1ccc(CCC(=O)N2CCCNCC2)c1. The molecule has 0 radical (unpaired) electrons. The molecule has 1 aliphatic heterocycles. The van der Waals surface area contributed by atoms with Gasteiger partial charge in [0, 0.05) is 45.5 Å². The molecule has 1 amide bonds. The maximum atomic E-state index is 12.0. The Labute approximate surface area is 103 Å². The molecule has 1 saturated heterocycles. The van der Waals surface area contributed by atoms with Crippen molar-refractivity contribution in [1.82, 2.24) is 14.8 Å². The van der Waals surface area contributed by atoms with Crippen LogP contribution < -0.4 is 5.32 Å². The summed E-state index contributed by atoms with van der Waals surface area (Å²) < 4.78 is 2.02. The standard InChI is InChI=1S/C13H21N3O/c1-15-9-5-12(11-15)3-4-13(17)16-8-2-6-14-7-10-16/h5,9,11,14H,2-4,6-8,10H2,1H3. The van der Waals surface area contributed by atoms with Gasteiger partial charge in [0.1, 0.15) is 0 Å². The van der Waals surface area contributed by atoms with Crippen molar-refractivity contribution in [1.29, 1.82) is 0 Å². The second kappa shape index (κ2) is 5.87. The zero-order valence-electron chi connectivity index (χ0n) is 10.5. The second-order valence-corrected chi connectivity index (χ2v) is 4.67. The van der Waals surface area contributed by atoms with Crippen LogP contribution in [0, 0.1) is 0 Å². The number of rotatable bonds is 3. The Morgan fingerprint density at radius 2 is 2.29 bits per heavy atom. The molecule has 0 aliphatic carbocycles. The predicted molar refractivity (Wildman–Crippen MR) is 67.8 cm³/mol. The zero-order chi connectivity index (χ0) is 12.1. The summed E-state index contributed by atoms with van der Waals surface area (Å²) in [5, 5.41) is 3.31. The third-order valence-corrected chi connectivity index (χ3v) is 3.21. The molecular weight excluding hydrogens is 214 g/mol. The van der Waals surface area contributed by atoms with E-state index < -0.39 is 0 Å². The van der Waals surface area contributed by atoms with Crippen LogP contribution in [-0.2, 0) is 18.3 Å². The molecule has 4 nitrogen and oxygen atoms in total. The van der Waals surface area contributed by atoms with E-state index in [4.69, 9.17) is 0 Å². The Bertz CT molecular complexity index is 364. The summed E-state index contributed by atoms with van der Waals surface area (Å²) in [6, 6.07) is 2.08. The number of hydrogen-bond acceptors (Lipinski definition) is 2. The van der Waals surface area contributed by atoms with E-state index in [1.165, 1.54) is 5.56 Å². The summed E-state index contributed by atoms with van der Waals surface area (Å²) in [4.78, 5) is 14.0. The lowest BCUT2D eigenvalue weighted by Crippen LogP contribution is -2.34. The van der Waals surface area contributed by atoms with Crippen molar-refractivity contribution in [3.63, 3.8) is 0 Å². The van der Waals surface area contributed by atoms with Crippen molar-refractivity contribution < 1.29 is 4.79 Å². The number of aromatic nitrogens is 1. The fourth-order valence-electron chi connectivity index (χ4n) is 2.21. The number of nitrogens with zero attached hydrogens (tertiary/aromatic N) is 2. The first-order chi connectivity index (χ1) is 8.25. The van der Waals surface area contributed by atoms with Crippen LogP contribution in [0.3, 0.4) is 0 Å². The Hall–Kier alpha value is -1.29. The van der Waals surface area contributed by atoms with Gasteiger partial charge in [0.15, 0.2) is 0 Å². The van der Waals surface area contributed by atoms with E-state index in [2.05, 4.69) is 17.6 Å². The van der Waals surface area contributed by atoms with E-state index in [0.717, 1.165) is 39.0 Å². The number of aryl methyl sites for hydroxylation is 2. The van der Waals surface area contributed by atoms with E-state index in [0.29, 0.717) is 6.42 Å². The molecule has 0 saturated carbocycles. The highest BCUT2D eigenvalue weighted by atomic mass is 16.2. The van der Waals surface area contributed by atoms with Crippen LogP contribution in [0.15, 0.2) is 18.5 Å². The molecule has 0 bridgehead atoms. The first kappa shape index (κ1) is 12.2. The number of amides is 1. The van der Waals surface area contributed by atoms with Gasteiger partial charge in [-0.3, -0.25) is 4.79 Å². The molecule has 0 atom stereocenters. The normalized spacial score (nSPS) is 16.9. The molecule has 0 unspecified atom stereocenters. The van der Waals surface area contributed by atoms with Gasteiger partial charge in [-0.05, 0) is 31.0 Å². The molecule has 0 spiro atoms. The van der Waals surface area contributed by atoms with Crippen molar-refractivity contribution in [2.75, 3.05) is 26.2 Å². The van der Waals surface area contributed by atoms with Crippen LogP contribution in [0.5, 0.6) is 0 Å². The topological polar surface area (TPSA) is 37.3 Å². The lowest BCUT2D eigenvalue weighted by atomic mass is 10.2. The molecule has 2 heterocycles. The molecule has 0 aromatic carbocycles. The minimum atomic E-state index is 0.289. The third-order valence-electron chi connectivity index (χ3n) is 3.21. The van der Waals surface area contributed by atoms with Crippen molar-refractivity contribution in [3.05, 3.63) is 24.0 Å². The van der Waals surface area contributed by atoms with Gasteiger partial charge in [-0.25, -0.2) is 0 Å². The van der Waals surface area contributed by atoms with Gasteiger partial charge in [-0.1, -0.05) is 0 Å². The summed E-state index contributed by atoms with van der Waals surface area (Å²) >= 11 is 0. The molecule has 1 aromatic heterocycles. The van der Waals surface area contributed by atoms with Gasteiger partial charge in [0.25, 0.3) is 0 Å². The van der Waals surface area contributed by atoms with E-state index in [9.17, 15) is 4.79 Å². The highest BCUT2D eigenvalue weighted by molar-refractivity contribution is 5.76. The van der Waals surface area contributed by atoms with E-state index in [1.807, 2.05) is 22.7 Å². The quantitative estimate of drug-likeness (QED) is 0.840. The van der Waals surface area contributed by atoms with Crippen LogP contribution in [0.4, 0.5) is 0 Å². The molecule has 2 rings (SSSR count). The Morgan fingerprint density at radius 1 is 1.41 bits per heavy atom. The minimum absolute atomic E-state index is 0.289. The summed E-state index contributed by atoms with van der Waals surface area (Å²) in [6.07, 6.45) is 6.65. The second-order valence-electron chi connectivity index (χ2n) is 4.67. The van der Waals surface area contributed by atoms with Crippen LogP contribution >= 0.6 is 0 Å². The summed E-state index contributed by atoms with van der Waals surface area (Å²) in [6.45, 7) is 3.72. The fraction of sp³-hybridized carbons (Fsp3) is 0.615. The monoisotopic (exact) mass is 235 g/mol. The Morgan fingerprint density at radius 3 is 3.06 bits per heavy atom. The lowest BCUT2D eigenvalue weighted by Gasteiger charge is -2.19. The Balaban J connectivity index is 1.79. The predicted octanol–water partition coefficient (Wildman–Crippen LogP) is 0.780. The van der Waals surface area contributed by atoms with Gasteiger partial charge in [0.2, 0.25) is 5.91 Å². The van der Waals surface area contributed by atoms with Crippen molar-refractivity contribution in [3.8, 4) is 0 Å². The van der Waals surface area contributed by atoms with Gasteiger partial charge >= 0.3 is 0 Å². The van der Waals surface area contributed by atoms with Gasteiger partial charge < -0.3 is 14.8 Å². The molecule has 1 fully saturated rings. The summed E-state index contributed by atoms with van der Waals surface area (Å²) in [5.74, 6) is 0.289. The zero-order valence-corrected chi connectivity index (χ0v) is 10.5. The average molecular weight is 235 g/mol. The molecular formula is C13H21N3O. The maximum absolute atomic E-state index is 12.0. The fourth-order valence-corrected chi connectivity index (χ4v) is 2.21. The van der Waals surface area contributed by atoms with Gasteiger partial charge in [0.05, 0.1) is 0 Å².